The fraction of sp³-hybridized carbons (Fsp3) is 0.294. The molecule has 27 heavy (non-hydrogen) atoms. The molecule has 1 amide bonds. The number of hydrogen-bond acceptors (Lipinski definition) is 7. The lowest BCUT2D eigenvalue weighted by Gasteiger charge is -2.21. The van der Waals surface area contributed by atoms with E-state index in [-0.39, 0.29) is 24.0 Å². The van der Waals surface area contributed by atoms with Crippen LogP contribution in [0, 0.1) is 0 Å². The van der Waals surface area contributed by atoms with Gasteiger partial charge in [-0.05, 0) is 26.2 Å². The number of carbonyl (C=O) groups excluding carboxylic acids is 1. The number of anilines is 1. The average Bonchev–Trinajstić information content (AvgIpc) is 3.08. The van der Waals surface area contributed by atoms with Crippen LogP contribution in [0.5, 0.6) is 5.75 Å². The summed E-state index contributed by atoms with van der Waals surface area (Å²) in [5.74, 6) is 0.362. The summed E-state index contributed by atoms with van der Waals surface area (Å²) in [4.78, 5) is 29.3. The van der Waals surface area contributed by atoms with E-state index in [2.05, 4.69) is 15.0 Å². The molecule has 0 aliphatic heterocycles. The highest BCUT2D eigenvalue weighted by Crippen LogP contribution is 2.38. The molecule has 10 heteroatoms. The zero-order valence-electron chi connectivity index (χ0n) is 15.0. The van der Waals surface area contributed by atoms with Gasteiger partial charge in [0, 0.05) is 25.5 Å². The van der Waals surface area contributed by atoms with Gasteiger partial charge in [-0.25, -0.2) is 9.97 Å². The number of likely N-dealkylation sites (N-methyl/N-ethyl adjacent to an activating group) is 1. The lowest BCUT2D eigenvalue weighted by Crippen LogP contribution is -2.37. The highest BCUT2D eigenvalue weighted by Gasteiger charge is 2.24. The number of ether oxygens (including phenoxy) is 1. The lowest BCUT2D eigenvalue weighted by molar-refractivity contribution is 0.0980. The van der Waals surface area contributed by atoms with Crippen LogP contribution in [0.1, 0.15) is 10.5 Å². The third kappa shape index (κ3) is 4.65. The third-order valence-electron chi connectivity index (χ3n) is 3.70. The van der Waals surface area contributed by atoms with Crippen LogP contribution in [-0.2, 0) is 0 Å². The highest BCUT2D eigenvalue weighted by atomic mass is 35.5. The Balaban J connectivity index is 0.00000261. The predicted octanol–water partition coefficient (Wildman–Crippen LogP) is 3.38. The van der Waals surface area contributed by atoms with Gasteiger partial charge >= 0.3 is 0 Å². The summed E-state index contributed by atoms with van der Waals surface area (Å²) < 4.78 is 6.15. The minimum atomic E-state index is -0.255. The first-order chi connectivity index (χ1) is 12.5. The summed E-state index contributed by atoms with van der Waals surface area (Å²) >= 11 is 7.66. The molecular weight excluding hydrogens is 409 g/mol. The van der Waals surface area contributed by atoms with Crippen molar-refractivity contribution in [3.8, 4) is 5.75 Å². The zero-order chi connectivity index (χ0) is 18.7. The highest BCUT2D eigenvalue weighted by molar-refractivity contribution is 7.23. The Kier molecular flexibility index (Phi) is 7.32. The molecule has 0 fully saturated rings. The number of nitrogens with zero attached hydrogens (tertiary/aromatic N) is 5. The first-order valence-corrected chi connectivity index (χ1v) is 9.06. The summed E-state index contributed by atoms with van der Waals surface area (Å²) in [5.41, 5.74) is 0.908. The Morgan fingerprint density at radius 2 is 2.04 bits per heavy atom. The Labute approximate surface area is 172 Å². The van der Waals surface area contributed by atoms with Gasteiger partial charge < -0.3 is 9.64 Å². The molecule has 0 aliphatic carbocycles. The first kappa shape index (κ1) is 21.3. The maximum Gasteiger partial charge on any atom is 0.280 e. The summed E-state index contributed by atoms with van der Waals surface area (Å²) in [6.07, 6.45) is 4.48. The van der Waals surface area contributed by atoms with Gasteiger partial charge in [0.2, 0.25) is 0 Å². The van der Waals surface area contributed by atoms with E-state index in [4.69, 9.17) is 16.3 Å². The first-order valence-electron chi connectivity index (χ1n) is 7.87. The molecule has 2 heterocycles. The van der Waals surface area contributed by atoms with Crippen LogP contribution in [-0.4, -0.2) is 60.1 Å². The van der Waals surface area contributed by atoms with Crippen LogP contribution in [0.4, 0.5) is 5.13 Å². The Hall–Kier alpha value is -2.00. The monoisotopic (exact) mass is 427 g/mol. The van der Waals surface area contributed by atoms with Gasteiger partial charge in [0.25, 0.3) is 5.91 Å². The summed E-state index contributed by atoms with van der Waals surface area (Å²) in [7, 11) is 5.47. The maximum absolute atomic E-state index is 13.0. The van der Waals surface area contributed by atoms with Gasteiger partial charge in [-0.2, -0.15) is 0 Å². The van der Waals surface area contributed by atoms with Crippen molar-refractivity contribution in [3.05, 3.63) is 41.4 Å². The minimum Gasteiger partial charge on any atom is -0.494 e. The predicted molar refractivity (Wildman–Crippen MR) is 111 cm³/mol. The Bertz CT molecular complexity index is 920. The van der Waals surface area contributed by atoms with E-state index in [9.17, 15) is 4.79 Å². The largest absolute Gasteiger partial charge is 0.494 e. The van der Waals surface area contributed by atoms with Crippen LogP contribution in [0.2, 0.25) is 5.02 Å². The quantitative estimate of drug-likeness (QED) is 0.600. The van der Waals surface area contributed by atoms with Crippen molar-refractivity contribution in [2.45, 2.75) is 0 Å². The van der Waals surface area contributed by atoms with Crippen LogP contribution < -0.4 is 9.64 Å². The molecule has 7 nitrogen and oxygen atoms in total. The Morgan fingerprint density at radius 1 is 1.26 bits per heavy atom. The molecule has 0 atom stereocenters. The molecule has 3 rings (SSSR count). The number of carbonyl (C=O) groups is 1. The van der Waals surface area contributed by atoms with Crippen molar-refractivity contribution < 1.29 is 9.53 Å². The standard InChI is InChI=1S/C17H18ClN5O2S.ClH/c1-22(2)8-9-23(16(24)12-10-19-6-7-20-12)17-21-14-13(25-3)5-4-11(18)15(14)26-17;/h4-7,10H,8-9H2,1-3H3;1H. The van der Waals surface area contributed by atoms with Crippen molar-refractivity contribution in [1.29, 1.82) is 0 Å². The molecule has 1 aromatic carbocycles. The van der Waals surface area contributed by atoms with Crippen molar-refractivity contribution in [3.63, 3.8) is 0 Å². The fourth-order valence-corrected chi connectivity index (χ4v) is 3.63. The average molecular weight is 428 g/mol. The van der Waals surface area contributed by atoms with E-state index in [0.717, 1.165) is 4.70 Å². The number of fused-ring (bicyclic) bond motifs is 1. The second-order valence-corrected chi connectivity index (χ2v) is 7.16. The van der Waals surface area contributed by atoms with E-state index in [0.29, 0.717) is 34.5 Å². The number of halogens is 2. The third-order valence-corrected chi connectivity index (χ3v) is 5.23. The molecule has 144 valence electrons. The molecule has 0 bridgehead atoms. The van der Waals surface area contributed by atoms with Crippen LogP contribution in [0.25, 0.3) is 10.2 Å². The van der Waals surface area contributed by atoms with Gasteiger partial charge in [-0.15, -0.1) is 12.4 Å². The van der Waals surface area contributed by atoms with Gasteiger partial charge in [-0.3, -0.25) is 14.7 Å². The minimum absolute atomic E-state index is 0. The molecule has 3 aromatic rings. The van der Waals surface area contributed by atoms with Crippen LogP contribution in [0.15, 0.2) is 30.7 Å². The van der Waals surface area contributed by atoms with Crippen molar-refractivity contribution in [2.24, 2.45) is 0 Å². The van der Waals surface area contributed by atoms with Gasteiger partial charge in [0.05, 0.1) is 23.0 Å². The van der Waals surface area contributed by atoms with Crippen molar-refractivity contribution in [2.75, 3.05) is 39.2 Å². The van der Waals surface area contributed by atoms with E-state index >= 15 is 0 Å². The molecule has 0 saturated carbocycles. The van der Waals surface area contributed by atoms with Crippen molar-refractivity contribution >= 4 is 56.6 Å². The number of amides is 1. The smallest absolute Gasteiger partial charge is 0.280 e. The van der Waals surface area contributed by atoms with E-state index in [1.54, 1.807) is 24.1 Å². The molecule has 0 radical (unpaired) electrons. The number of benzene rings is 1. The number of rotatable bonds is 6. The number of aromatic nitrogens is 3. The maximum atomic E-state index is 13.0. The summed E-state index contributed by atoms with van der Waals surface area (Å²) in [6, 6.07) is 3.53. The number of methoxy groups -OCH3 is 1. The molecule has 0 unspecified atom stereocenters. The zero-order valence-corrected chi connectivity index (χ0v) is 17.4. The topological polar surface area (TPSA) is 71.5 Å². The molecule has 2 aromatic heterocycles. The fourth-order valence-electron chi connectivity index (χ4n) is 2.35. The lowest BCUT2D eigenvalue weighted by atomic mass is 10.3. The van der Waals surface area contributed by atoms with E-state index in [1.807, 2.05) is 19.0 Å². The van der Waals surface area contributed by atoms with Crippen LogP contribution in [0.3, 0.4) is 0 Å². The van der Waals surface area contributed by atoms with Gasteiger partial charge in [0.15, 0.2) is 5.13 Å². The normalized spacial score (nSPS) is 10.7. The second-order valence-electron chi connectivity index (χ2n) is 5.77. The van der Waals surface area contributed by atoms with Gasteiger partial charge in [-0.1, -0.05) is 22.9 Å². The van der Waals surface area contributed by atoms with Gasteiger partial charge in [0.1, 0.15) is 17.0 Å². The summed E-state index contributed by atoms with van der Waals surface area (Å²) in [6.45, 7) is 1.13. The van der Waals surface area contributed by atoms with E-state index in [1.165, 1.54) is 29.9 Å². The number of hydrogen-bond donors (Lipinski definition) is 0. The molecule has 0 aliphatic rings. The molecule has 0 saturated heterocycles. The van der Waals surface area contributed by atoms with Crippen molar-refractivity contribution in [1.82, 2.24) is 19.9 Å². The Morgan fingerprint density at radius 3 is 2.67 bits per heavy atom. The van der Waals surface area contributed by atoms with Crippen LogP contribution >= 0.6 is 35.3 Å². The SMILES string of the molecule is COc1ccc(Cl)c2sc(N(CCN(C)C)C(=O)c3cnccn3)nc12.Cl. The summed E-state index contributed by atoms with van der Waals surface area (Å²) in [5, 5.41) is 1.12. The number of thiazole rings is 1. The molecule has 0 spiro atoms. The second kappa shape index (κ2) is 9.27. The molecule has 0 N–H and O–H groups in total. The van der Waals surface area contributed by atoms with E-state index < -0.39 is 0 Å². The molecular formula is C17H19Cl2N5O2S.